The number of benzene rings is 1. The lowest BCUT2D eigenvalue weighted by Crippen LogP contribution is -2.43. The van der Waals surface area contributed by atoms with Crippen molar-refractivity contribution in [2.24, 2.45) is 0 Å². The highest BCUT2D eigenvalue weighted by Gasteiger charge is 2.34. The van der Waals surface area contributed by atoms with Crippen LogP contribution in [0.25, 0.3) is 0 Å². The second-order valence-corrected chi connectivity index (χ2v) is 7.09. The van der Waals surface area contributed by atoms with Gasteiger partial charge in [-0.3, -0.25) is 0 Å². The van der Waals surface area contributed by atoms with Gasteiger partial charge in [0.2, 0.25) is 0 Å². The maximum Gasteiger partial charge on any atom is 0.0755 e. The first-order valence-electron chi connectivity index (χ1n) is 7.54. The fourth-order valence-corrected chi connectivity index (χ4v) is 3.46. The number of halogens is 1. The van der Waals surface area contributed by atoms with E-state index < -0.39 is 0 Å². The number of fused-ring (bicyclic) bond motifs is 2. The van der Waals surface area contributed by atoms with E-state index in [1.807, 2.05) is 0 Å². The molecule has 0 amide bonds. The molecule has 2 aliphatic rings. The van der Waals surface area contributed by atoms with E-state index in [1.54, 1.807) is 0 Å². The summed E-state index contributed by atoms with van der Waals surface area (Å²) in [5, 5.41) is 3.53. The van der Waals surface area contributed by atoms with Crippen LogP contribution in [0, 0.1) is 0 Å². The maximum absolute atomic E-state index is 5.95. The van der Waals surface area contributed by atoms with Crippen LogP contribution < -0.4 is 10.2 Å². The molecule has 2 fully saturated rings. The van der Waals surface area contributed by atoms with E-state index in [4.69, 9.17) is 4.74 Å². The van der Waals surface area contributed by atoms with Gasteiger partial charge in [0, 0.05) is 35.8 Å². The molecule has 2 aliphatic heterocycles. The molecule has 3 rings (SSSR count). The highest BCUT2D eigenvalue weighted by atomic mass is 79.9. The van der Waals surface area contributed by atoms with Crippen molar-refractivity contribution in [1.29, 1.82) is 0 Å². The van der Waals surface area contributed by atoms with Crippen molar-refractivity contribution < 1.29 is 4.74 Å². The van der Waals surface area contributed by atoms with Crippen molar-refractivity contribution in [2.45, 2.75) is 51.5 Å². The Morgan fingerprint density at radius 2 is 2.00 bits per heavy atom. The average Bonchev–Trinajstić information content (AvgIpc) is 2.76. The van der Waals surface area contributed by atoms with E-state index in [9.17, 15) is 0 Å². The molecule has 0 spiro atoms. The first-order valence-corrected chi connectivity index (χ1v) is 8.33. The van der Waals surface area contributed by atoms with Gasteiger partial charge in [-0.05, 0) is 30.5 Å². The fourth-order valence-electron chi connectivity index (χ4n) is 3.11. The van der Waals surface area contributed by atoms with Crippen LogP contribution in [-0.4, -0.2) is 31.3 Å². The van der Waals surface area contributed by atoms with Crippen molar-refractivity contribution >= 4 is 21.6 Å². The SMILES string of the molecule is CC(C)NCc1ccc(Br)cc1N1CC2CCC(C1)O2. The average molecular weight is 339 g/mol. The van der Waals surface area contributed by atoms with Gasteiger partial charge in [-0.25, -0.2) is 0 Å². The van der Waals surface area contributed by atoms with Crippen LogP contribution in [-0.2, 0) is 11.3 Å². The largest absolute Gasteiger partial charge is 0.371 e. The number of ether oxygens (including phenoxy) is 1. The molecule has 3 nitrogen and oxygen atoms in total. The second-order valence-electron chi connectivity index (χ2n) is 6.17. The number of morpholine rings is 1. The van der Waals surface area contributed by atoms with Gasteiger partial charge in [-0.15, -0.1) is 0 Å². The molecule has 2 bridgehead atoms. The smallest absolute Gasteiger partial charge is 0.0755 e. The van der Waals surface area contributed by atoms with Crippen molar-refractivity contribution in [2.75, 3.05) is 18.0 Å². The second kappa shape index (κ2) is 6.04. The summed E-state index contributed by atoms with van der Waals surface area (Å²) in [5.41, 5.74) is 2.73. The monoisotopic (exact) mass is 338 g/mol. The van der Waals surface area contributed by atoms with Crippen molar-refractivity contribution in [3.8, 4) is 0 Å². The van der Waals surface area contributed by atoms with Gasteiger partial charge < -0.3 is 15.0 Å². The first-order chi connectivity index (χ1) is 9.61. The van der Waals surface area contributed by atoms with Crippen LogP contribution in [0.3, 0.4) is 0 Å². The molecule has 4 heteroatoms. The Labute approximate surface area is 129 Å². The zero-order valence-electron chi connectivity index (χ0n) is 12.2. The molecule has 1 aromatic rings. The molecule has 110 valence electrons. The fraction of sp³-hybridized carbons (Fsp3) is 0.625. The minimum absolute atomic E-state index is 0.429. The predicted molar refractivity (Wildman–Crippen MR) is 86.2 cm³/mol. The van der Waals surface area contributed by atoms with Gasteiger partial charge in [0.25, 0.3) is 0 Å². The third-order valence-corrected chi connectivity index (χ3v) is 4.63. The third-order valence-electron chi connectivity index (χ3n) is 4.13. The summed E-state index contributed by atoms with van der Waals surface area (Å²) in [6.07, 6.45) is 3.29. The molecule has 0 radical (unpaired) electrons. The van der Waals surface area contributed by atoms with Gasteiger partial charge in [0.15, 0.2) is 0 Å². The van der Waals surface area contributed by atoms with E-state index >= 15 is 0 Å². The Morgan fingerprint density at radius 1 is 1.30 bits per heavy atom. The first kappa shape index (κ1) is 14.4. The molecule has 2 unspecified atom stereocenters. The number of hydrogen-bond donors (Lipinski definition) is 1. The summed E-state index contributed by atoms with van der Waals surface area (Å²) in [7, 11) is 0. The van der Waals surface area contributed by atoms with Crippen LogP contribution in [0.2, 0.25) is 0 Å². The molecule has 2 saturated heterocycles. The third kappa shape index (κ3) is 3.18. The molecule has 1 N–H and O–H groups in total. The molecular weight excluding hydrogens is 316 g/mol. The van der Waals surface area contributed by atoms with Crippen LogP contribution in [0.15, 0.2) is 22.7 Å². The topological polar surface area (TPSA) is 24.5 Å². The summed E-state index contributed by atoms with van der Waals surface area (Å²) >= 11 is 3.61. The molecule has 20 heavy (non-hydrogen) atoms. The summed E-state index contributed by atoms with van der Waals surface area (Å²) in [6, 6.07) is 7.12. The predicted octanol–water partition coefficient (Wildman–Crippen LogP) is 3.31. The van der Waals surface area contributed by atoms with E-state index in [0.717, 1.165) is 24.1 Å². The zero-order chi connectivity index (χ0) is 14.1. The summed E-state index contributed by atoms with van der Waals surface area (Å²) in [5.74, 6) is 0. The molecule has 2 heterocycles. The summed E-state index contributed by atoms with van der Waals surface area (Å²) in [4.78, 5) is 2.51. The van der Waals surface area contributed by atoms with Crippen molar-refractivity contribution in [3.05, 3.63) is 28.2 Å². The Kier molecular flexibility index (Phi) is 4.34. The molecule has 0 saturated carbocycles. The minimum atomic E-state index is 0.429. The summed E-state index contributed by atoms with van der Waals surface area (Å²) < 4.78 is 7.10. The zero-order valence-corrected chi connectivity index (χ0v) is 13.8. The quantitative estimate of drug-likeness (QED) is 0.911. The van der Waals surface area contributed by atoms with Crippen molar-refractivity contribution in [3.63, 3.8) is 0 Å². The molecule has 0 aromatic heterocycles. The lowest BCUT2D eigenvalue weighted by Gasteiger charge is -2.35. The number of anilines is 1. The molecular formula is C16H23BrN2O. The van der Waals surface area contributed by atoms with E-state index in [2.05, 4.69) is 58.2 Å². The Morgan fingerprint density at radius 3 is 2.65 bits per heavy atom. The summed E-state index contributed by atoms with van der Waals surface area (Å²) in [6.45, 7) is 7.36. The Hall–Kier alpha value is -0.580. The highest BCUT2D eigenvalue weighted by Crippen LogP contribution is 2.32. The highest BCUT2D eigenvalue weighted by molar-refractivity contribution is 9.10. The van der Waals surface area contributed by atoms with Gasteiger partial charge in [-0.1, -0.05) is 35.8 Å². The lowest BCUT2D eigenvalue weighted by atomic mass is 10.1. The number of hydrogen-bond acceptors (Lipinski definition) is 3. The Bertz CT molecular complexity index is 466. The molecule has 2 atom stereocenters. The number of nitrogens with zero attached hydrogens (tertiary/aromatic N) is 1. The molecule has 0 aliphatic carbocycles. The van der Waals surface area contributed by atoms with Crippen LogP contribution in [0.4, 0.5) is 5.69 Å². The number of rotatable bonds is 4. The van der Waals surface area contributed by atoms with Crippen LogP contribution in [0.5, 0.6) is 0 Å². The Balaban J connectivity index is 1.81. The van der Waals surface area contributed by atoms with Gasteiger partial charge >= 0.3 is 0 Å². The van der Waals surface area contributed by atoms with E-state index in [1.165, 1.54) is 24.1 Å². The number of nitrogens with one attached hydrogen (secondary N) is 1. The lowest BCUT2D eigenvalue weighted by molar-refractivity contribution is 0.0304. The minimum Gasteiger partial charge on any atom is -0.371 e. The maximum atomic E-state index is 5.95. The normalized spacial score (nSPS) is 25.5. The van der Waals surface area contributed by atoms with Gasteiger partial charge in [-0.2, -0.15) is 0 Å². The molecule has 1 aromatic carbocycles. The van der Waals surface area contributed by atoms with Crippen molar-refractivity contribution in [1.82, 2.24) is 5.32 Å². The standard InChI is InChI=1S/C16H23BrN2O/c1-11(2)18-8-12-3-4-13(17)7-16(12)19-9-14-5-6-15(10-19)20-14/h3-4,7,11,14-15,18H,5-6,8-10H2,1-2H3. The van der Waals surface area contributed by atoms with Crippen LogP contribution in [0.1, 0.15) is 32.3 Å². The van der Waals surface area contributed by atoms with Gasteiger partial charge in [0.05, 0.1) is 12.2 Å². The van der Waals surface area contributed by atoms with E-state index in [0.29, 0.717) is 18.2 Å². The van der Waals surface area contributed by atoms with E-state index in [-0.39, 0.29) is 0 Å². The van der Waals surface area contributed by atoms with Crippen LogP contribution >= 0.6 is 15.9 Å². The van der Waals surface area contributed by atoms with Gasteiger partial charge in [0.1, 0.15) is 0 Å².